The number of nitrogens with one attached hydrogen (secondary N) is 1. The minimum Gasteiger partial charge on any atom is -0.497 e. The molecule has 0 saturated heterocycles. The summed E-state index contributed by atoms with van der Waals surface area (Å²) in [5.41, 5.74) is 1.44. The molecule has 0 fully saturated rings. The largest absolute Gasteiger partial charge is 0.497 e. The number of hydrogen-bond donors (Lipinski definition) is 2. The highest BCUT2D eigenvalue weighted by molar-refractivity contribution is 7.91. The fourth-order valence-electron chi connectivity index (χ4n) is 2.05. The lowest BCUT2D eigenvalue weighted by atomic mass is 10.2. The van der Waals surface area contributed by atoms with E-state index >= 15 is 0 Å². The smallest absolute Gasteiger partial charge is 0.265 e. The zero-order valence-corrected chi connectivity index (χ0v) is 14.1. The lowest BCUT2D eigenvalue weighted by molar-refractivity contribution is 0.102. The molecule has 0 saturated carbocycles. The Bertz CT molecular complexity index is 1010. The molecule has 7 nitrogen and oxygen atoms in total. The summed E-state index contributed by atoms with van der Waals surface area (Å²) in [7, 11) is -2.29. The van der Waals surface area contributed by atoms with Crippen molar-refractivity contribution in [2.24, 2.45) is 5.14 Å². The van der Waals surface area contributed by atoms with Crippen LogP contribution in [-0.4, -0.2) is 26.4 Å². The van der Waals surface area contributed by atoms with Gasteiger partial charge in [-0.1, -0.05) is 0 Å². The molecule has 3 aromatic rings. The average molecular weight is 363 g/mol. The summed E-state index contributed by atoms with van der Waals surface area (Å²) < 4.78 is 28.3. The van der Waals surface area contributed by atoms with Gasteiger partial charge in [0, 0.05) is 11.3 Å². The standard InChI is InChI=1S/C15H13N3O4S2/c1-22-11-5-2-9(3-6-11)14(19)17-10-4-7-13-12(8-10)18-15(23-13)24(16,20)21/h2-8H,1H3,(H,17,19)(H2,16,20,21). The van der Waals surface area contributed by atoms with Crippen LogP contribution in [0.1, 0.15) is 10.4 Å². The number of sulfonamides is 1. The van der Waals surface area contributed by atoms with Crippen LogP contribution in [0.4, 0.5) is 5.69 Å². The summed E-state index contributed by atoms with van der Waals surface area (Å²) in [5.74, 6) is 0.366. The third kappa shape index (κ3) is 3.37. The molecule has 1 amide bonds. The number of nitrogens with two attached hydrogens (primary N) is 1. The van der Waals surface area contributed by atoms with Gasteiger partial charge < -0.3 is 10.1 Å². The number of benzene rings is 2. The van der Waals surface area contributed by atoms with E-state index < -0.39 is 10.0 Å². The van der Waals surface area contributed by atoms with Crippen molar-refractivity contribution >= 4 is 43.2 Å². The first kappa shape index (κ1) is 16.4. The Morgan fingerprint density at radius 2 is 1.92 bits per heavy atom. The number of anilines is 1. The van der Waals surface area contributed by atoms with E-state index in [2.05, 4.69) is 10.3 Å². The topological polar surface area (TPSA) is 111 Å². The summed E-state index contributed by atoms with van der Waals surface area (Å²) in [6.45, 7) is 0. The minimum atomic E-state index is -3.84. The fraction of sp³-hybridized carbons (Fsp3) is 0.0667. The maximum Gasteiger partial charge on any atom is 0.265 e. The summed E-state index contributed by atoms with van der Waals surface area (Å²) in [6, 6.07) is 11.6. The van der Waals surface area contributed by atoms with E-state index in [1.165, 1.54) is 0 Å². The number of fused-ring (bicyclic) bond motifs is 1. The van der Waals surface area contributed by atoms with E-state index in [1.54, 1.807) is 49.6 Å². The number of thiazole rings is 1. The van der Waals surface area contributed by atoms with Crippen molar-refractivity contribution in [3.05, 3.63) is 48.0 Å². The molecule has 2 aromatic carbocycles. The predicted molar refractivity (Wildman–Crippen MR) is 91.9 cm³/mol. The van der Waals surface area contributed by atoms with Crippen LogP contribution in [0.5, 0.6) is 5.75 Å². The Balaban J connectivity index is 1.85. The number of carbonyl (C=O) groups is 1. The minimum absolute atomic E-state index is 0.156. The van der Waals surface area contributed by atoms with E-state index in [9.17, 15) is 13.2 Å². The van der Waals surface area contributed by atoms with Crippen molar-refractivity contribution in [1.29, 1.82) is 0 Å². The Kier molecular flexibility index (Phi) is 4.22. The normalized spacial score (nSPS) is 11.4. The van der Waals surface area contributed by atoms with Gasteiger partial charge in [0.15, 0.2) is 0 Å². The monoisotopic (exact) mass is 363 g/mol. The Labute approximate surface area is 142 Å². The van der Waals surface area contributed by atoms with Gasteiger partial charge in [0.2, 0.25) is 4.34 Å². The lowest BCUT2D eigenvalue weighted by Crippen LogP contribution is -2.12. The highest BCUT2D eigenvalue weighted by Crippen LogP contribution is 2.27. The molecule has 0 aliphatic rings. The first-order valence-electron chi connectivity index (χ1n) is 6.75. The third-order valence-corrected chi connectivity index (χ3v) is 5.58. The number of aromatic nitrogens is 1. The van der Waals surface area contributed by atoms with E-state index in [0.29, 0.717) is 27.2 Å². The number of methoxy groups -OCH3 is 1. The van der Waals surface area contributed by atoms with Gasteiger partial charge in [-0.25, -0.2) is 18.5 Å². The molecule has 24 heavy (non-hydrogen) atoms. The number of nitrogens with zero attached hydrogens (tertiary/aromatic N) is 1. The summed E-state index contributed by atoms with van der Waals surface area (Å²) in [6.07, 6.45) is 0. The van der Waals surface area contributed by atoms with Crippen LogP contribution < -0.4 is 15.2 Å². The van der Waals surface area contributed by atoms with Gasteiger partial charge in [-0.2, -0.15) is 0 Å². The van der Waals surface area contributed by atoms with Crippen LogP contribution in [0.2, 0.25) is 0 Å². The molecule has 0 aliphatic carbocycles. The Morgan fingerprint density at radius 3 is 2.54 bits per heavy atom. The number of rotatable bonds is 4. The van der Waals surface area contributed by atoms with Gasteiger partial charge in [-0.05, 0) is 42.5 Å². The van der Waals surface area contributed by atoms with Crippen molar-refractivity contribution in [3.8, 4) is 5.75 Å². The summed E-state index contributed by atoms with van der Waals surface area (Å²) >= 11 is 0.982. The van der Waals surface area contributed by atoms with Gasteiger partial charge in [0.1, 0.15) is 5.75 Å². The third-order valence-electron chi connectivity index (χ3n) is 3.22. The van der Waals surface area contributed by atoms with Crippen molar-refractivity contribution in [2.75, 3.05) is 12.4 Å². The summed E-state index contributed by atoms with van der Waals surface area (Å²) in [5, 5.41) is 7.82. The molecule has 0 bridgehead atoms. The number of ether oxygens (including phenoxy) is 1. The van der Waals surface area contributed by atoms with Crippen LogP contribution in [-0.2, 0) is 10.0 Å². The highest BCUT2D eigenvalue weighted by atomic mass is 32.2. The average Bonchev–Trinajstić information content (AvgIpc) is 2.98. The van der Waals surface area contributed by atoms with Crippen LogP contribution in [0.15, 0.2) is 46.8 Å². The second-order valence-corrected chi connectivity index (χ2v) is 7.66. The quantitative estimate of drug-likeness (QED) is 0.738. The molecule has 3 rings (SSSR count). The van der Waals surface area contributed by atoms with E-state index in [4.69, 9.17) is 9.88 Å². The van der Waals surface area contributed by atoms with E-state index in [1.807, 2.05) is 0 Å². The van der Waals surface area contributed by atoms with Gasteiger partial charge in [-0.15, -0.1) is 11.3 Å². The Morgan fingerprint density at radius 1 is 1.21 bits per heavy atom. The molecule has 1 aromatic heterocycles. The molecule has 0 radical (unpaired) electrons. The van der Waals surface area contributed by atoms with Crippen LogP contribution >= 0.6 is 11.3 Å². The van der Waals surface area contributed by atoms with Crippen LogP contribution in [0, 0.1) is 0 Å². The molecule has 124 valence electrons. The van der Waals surface area contributed by atoms with Gasteiger partial charge in [-0.3, -0.25) is 4.79 Å². The highest BCUT2D eigenvalue weighted by Gasteiger charge is 2.15. The van der Waals surface area contributed by atoms with Gasteiger partial charge in [0.05, 0.1) is 17.3 Å². The fourth-order valence-corrected chi connectivity index (χ4v) is 3.69. The van der Waals surface area contributed by atoms with Crippen molar-refractivity contribution in [2.45, 2.75) is 4.34 Å². The van der Waals surface area contributed by atoms with Crippen LogP contribution in [0.3, 0.4) is 0 Å². The number of amides is 1. The summed E-state index contributed by atoms with van der Waals surface area (Å²) in [4.78, 5) is 16.2. The SMILES string of the molecule is COc1ccc(C(=O)Nc2ccc3sc(S(N)(=O)=O)nc3c2)cc1. The molecule has 1 heterocycles. The zero-order chi connectivity index (χ0) is 17.3. The van der Waals surface area contributed by atoms with Gasteiger partial charge in [0.25, 0.3) is 15.9 Å². The van der Waals surface area contributed by atoms with Crippen molar-refractivity contribution < 1.29 is 17.9 Å². The van der Waals surface area contributed by atoms with E-state index in [0.717, 1.165) is 11.3 Å². The van der Waals surface area contributed by atoms with Gasteiger partial charge >= 0.3 is 0 Å². The first-order chi connectivity index (χ1) is 11.4. The number of primary sulfonamides is 1. The predicted octanol–water partition coefficient (Wildman–Crippen LogP) is 2.20. The molecular weight excluding hydrogens is 350 g/mol. The molecule has 0 spiro atoms. The van der Waals surface area contributed by atoms with E-state index in [-0.39, 0.29) is 10.2 Å². The first-order valence-corrected chi connectivity index (χ1v) is 9.12. The second-order valence-electron chi connectivity index (χ2n) is 4.89. The molecule has 9 heteroatoms. The lowest BCUT2D eigenvalue weighted by Gasteiger charge is -2.06. The Hall–Kier alpha value is -2.49. The number of hydrogen-bond acceptors (Lipinski definition) is 6. The molecular formula is C15H13N3O4S2. The maximum absolute atomic E-state index is 12.2. The van der Waals surface area contributed by atoms with Crippen molar-refractivity contribution in [3.63, 3.8) is 0 Å². The molecule has 3 N–H and O–H groups in total. The van der Waals surface area contributed by atoms with Crippen LogP contribution in [0.25, 0.3) is 10.2 Å². The number of carbonyl (C=O) groups excluding carboxylic acids is 1. The molecule has 0 atom stereocenters. The van der Waals surface area contributed by atoms with Crippen molar-refractivity contribution in [1.82, 2.24) is 4.98 Å². The maximum atomic E-state index is 12.2. The zero-order valence-electron chi connectivity index (χ0n) is 12.5. The second kappa shape index (κ2) is 6.19. The molecule has 0 unspecified atom stereocenters. The molecule has 0 aliphatic heterocycles.